The molecule has 0 unspecified atom stereocenters. The van der Waals surface area contributed by atoms with Gasteiger partial charge in [0.05, 0.1) is 12.2 Å². The van der Waals surface area contributed by atoms with E-state index >= 15 is 0 Å². The molecule has 0 fully saturated rings. The number of aromatic hydroxyl groups is 1. The Bertz CT molecular complexity index is 551. The number of nitrogens with one attached hydrogen (secondary N) is 1. The van der Waals surface area contributed by atoms with Gasteiger partial charge in [-0.1, -0.05) is 12.1 Å². The van der Waals surface area contributed by atoms with Crippen LogP contribution in [0.25, 0.3) is 0 Å². The predicted molar refractivity (Wildman–Crippen MR) is 74.8 cm³/mol. The van der Waals surface area contributed by atoms with Crippen LogP contribution in [0.1, 0.15) is 11.1 Å². The minimum Gasteiger partial charge on any atom is -0.508 e. The van der Waals surface area contributed by atoms with E-state index in [0.717, 1.165) is 11.1 Å². The molecule has 0 bridgehead atoms. The third-order valence-corrected chi connectivity index (χ3v) is 3.06. The second-order valence-corrected chi connectivity index (χ2v) is 4.78. The average Bonchev–Trinajstić information content (AvgIpc) is 2.93. The Morgan fingerprint density at radius 3 is 2.70 bits per heavy atom. The molecule has 0 saturated carbocycles. The number of carbonyl (C=O) groups excluding carboxylic acids is 1. The highest BCUT2D eigenvalue weighted by Crippen LogP contribution is 2.11. The summed E-state index contributed by atoms with van der Waals surface area (Å²) in [6, 6.07) is 6.09. The van der Waals surface area contributed by atoms with Gasteiger partial charge in [-0.2, -0.15) is 5.10 Å². The maximum absolute atomic E-state index is 12.2. The fourth-order valence-corrected chi connectivity index (χ4v) is 1.97. The molecule has 106 valence electrons. The maximum atomic E-state index is 12.2. The number of aromatic nitrogens is 2. The van der Waals surface area contributed by atoms with Crippen LogP contribution in [-0.2, 0) is 17.8 Å². The highest BCUT2D eigenvalue weighted by Gasteiger charge is 2.18. The molecule has 0 spiro atoms. The third kappa shape index (κ3) is 3.58. The van der Waals surface area contributed by atoms with Crippen molar-refractivity contribution in [3.05, 3.63) is 47.8 Å². The number of nitrogens with zero attached hydrogens (tertiary/aromatic N) is 2. The molecule has 0 radical (unpaired) electrons. The Balaban J connectivity index is 1.92. The second kappa shape index (κ2) is 6.21. The van der Waals surface area contributed by atoms with Gasteiger partial charge in [0.2, 0.25) is 5.91 Å². The zero-order valence-electron chi connectivity index (χ0n) is 11.3. The van der Waals surface area contributed by atoms with Gasteiger partial charge in [0, 0.05) is 25.4 Å². The predicted octanol–water partition coefficient (Wildman–Crippen LogP) is 0.644. The summed E-state index contributed by atoms with van der Waals surface area (Å²) in [6.45, 7) is 0.471. The van der Waals surface area contributed by atoms with Gasteiger partial charge in [-0.3, -0.25) is 9.89 Å². The first-order valence-electron chi connectivity index (χ1n) is 6.32. The first-order chi connectivity index (χ1) is 9.56. The Morgan fingerprint density at radius 1 is 1.40 bits per heavy atom. The zero-order chi connectivity index (χ0) is 14.5. The number of phenols is 1. The molecular weight excluding hydrogens is 256 g/mol. The largest absolute Gasteiger partial charge is 0.508 e. The van der Waals surface area contributed by atoms with Crippen molar-refractivity contribution in [2.24, 2.45) is 5.73 Å². The van der Waals surface area contributed by atoms with Crippen molar-refractivity contribution >= 4 is 5.91 Å². The summed E-state index contributed by atoms with van der Waals surface area (Å²) < 4.78 is 0. The number of likely N-dealkylation sites (N-methyl/N-ethyl adjacent to an activating group) is 1. The van der Waals surface area contributed by atoms with Gasteiger partial charge >= 0.3 is 0 Å². The van der Waals surface area contributed by atoms with Gasteiger partial charge in [-0.15, -0.1) is 0 Å². The van der Waals surface area contributed by atoms with E-state index in [1.54, 1.807) is 48.6 Å². The van der Waals surface area contributed by atoms with Crippen molar-refractivity contribution in [1.29, 1.82) is 0 Å². The summed E-state index contributed by atoms with van der Waals surface area (Å²) in [7, 11) is 1.71. The summed E-state index contributed by atoms with van der Waals surface area (Å²) in [5.74, 6) is 0.0741. The number of phenolic OH excluding ortho intramolecular Hbond substituents is 1. The van der Waals surface area contributed by atoms with Crippen molar-refractivity contribution in [3.8, 4) is 5.75 Å². The molecule has 20 heavy (non-hydrogen) atoms. The maximum Gasteiger partial charge on any atom is 0.239 e. The summed E-state index contributed by atoms with van der Waals surface area (Å²) in [5.41, 5.74) is 7.79. The minimum absolute atomic E-state index is 0.126. The molecule has 0 saturated heterocycles. The third-order valence-electron chi connectivity index (χ3n) is 3.06. The van der Waals surface area contributed by atoms with Gasteiger partial charge in [-0.25, -0.2) is 0 Å². The van der Waals surface area contributed by atoms with Gasteiger partial charge in [0.1, 0.15) is 5.75 Å². The summed E-state index contributed by atoms with van der Waals surface area (Å²) in [6.07, 6.45) is 3.86. The molecule has 4 N–H and O–H groups in total. The number of hydrogen-bond donors (Lipinski definition) is 3. The fraction of sp³-hybridized carbons (Fsp3) is 0.286. The van der Waals surface area contributed by atoms with Crippen LogP contribution < -0.4 is 5.73 Å². The van der Waals surface area contributed by atoms with E-state index in [1.165, 1.54) is 0 Å². The smallest absolute Gasteiger partial charge is 0.239 e. The lowest BCUT2D eigenvalue weighted by atomic mass is 10.1. The molecule has 1 aromatic carbocycles. The number of carbonyl (C=O) groups is 1. The summed E-state index contributed by atoms with van der Waals surface area (Å²) in [5, 5.41) is 15.8. The van der Waals surface area contributed by atoms with Crippen LogP contribution in [0.3, 0.4) is 0 Å². The van der Waals surface area contributed by atoms with Crippen molar-refractivity contribution in [3.63, 3.8) is 0 Å². The zero-order valence-corrected chi connectivity index (χ0v) is 11.3. The summed E-state index contributed by atoms with van der Waals surface area (Å²) >= 11 is 0. The van der Waals surface area contributed by atoms with E-state index in [-0.39, 0.29) is 11.7 Å². The lowest BCUT2D eigenvalue weighted by Gasteiger charge is -2.20. The highest BCUT2D eigenvalue weighted by atomic mass is 16.3. The number of aromatic amines is 1. The monoisotopic (exact) mass is 274 g/mol. The van der Waals surface area contributed by atoms with Crippen LogP contribution in [0.4, 0.5) is 0 Å². The van der Waals surface area contributed by atoms with Crippen molar-refractivity contribution in [2.45, 2.75) is 19.0 Å². The van der Waals surface area contributed by atoms with E-state index in [2.05, 4.69) is 10.2 Å². The van der Waals surface area contributed by atoms with Crippen LogP contribution in [0.2, 0.25) is 0 Å². The molecule has 1 heterocycles. The normalized spacial score (nSPS) is 12.1. The summed E-state index contributed by atoms with van der Waals surface area (Å²) in [4.78, 5) is 13.7. The number of benzene rings is 1. The van der Waals surface area contributed by atoms with Crippen molar-refractivity contribution in [1.82, 2.24) is 15.1 Å². The van der Waals surface area contributed by atoms with E-state index < -0.39 is 6.04 Å². The highest BCUT2D eigenvalue weighted by molar-refractivity contribution is 5.81. The Kier molecular flexibility index (Phi) is 4.37. The first-order valence-corrected chi connectivity index (χ1v) is 6.32. The van der Waals surface area contributed by atoms with E-state index in [4.69, 9.17) is 5.73 Å². The standard InChI is InChI=1S/C14H18N4O2/c1-18(9-11-7-16-17-8-11)14(20)13(15)6-10-2-4-12(19)5-3-10/h2-5,7-8,13,19H,6,9,15H2,1H3,(H,16,17)/t13-/m1/s1. The number of hydrogen-bond acceptors (Lipinski definition) is 4. The molecule has 1 amide bonds. The lowest BCUT2D eigenvalue weighted by molar-refractivity contribution is -0.131. The molecule has 0 aliphatic carbocycles. The van der Waals surface area contributed by atoms with Crippen LogP contribution in [0, 0.1) is 0 Å². The Hall–Kier alpha value is -2.34. The topological polar surface area (TPSA) is 95.2 Å². The molecule has 6 heteroatoms. The number of H-pyrrole nitrogens is 1. The Labute approximate surface area is 117 Å². The molecule has 0 aliphatic heterocycles. The molecule has 1 atom stereocenters. The van der Waals surface area contributed by atoms with E-state index in [1.807, 2.05) is 0 Å². The van der Waals surface area contributed by atoms with Crippen LogP contribution >= 0.6 is 0 Å². The number of rotatable bonds is 5. The molecule has 1 aromatic heterocycles. The van der Waals surface area contributed by atoms with E-state index in [0.29, 0.717) is 13.0 Å². The van der Waals surface area contributed by atoms with Gasteiger partial charge < -0.3 is 15.7 Å². The SMILES string of the molecule is CN(Cc1cn[nH]c1)C(=O)[C@H](N)Cc1ccc(O)cc1. The quantitative estimate of drug-likeness (QED) is 0.745. The van der Waals surface area contributed by atoms with Crippen LogP contribution in [0.15, 0.2) is 36.7 Å². The molecule has 0 aliphatic rings. The van der Waals surface area contributed by atoms with E-state index in [9.17, 15) is 9.90 Å². The van der Waals surface area contributed by atoms with Crippen molar-refractivity contribution < 1.29 is 9.90 Å². The molecule has 2 rings (SSSR count). The number of amides is 1. The van der Waals surface area contributed by atoms with Gasteiger partial charge in [0.15, 0.2) is 0 Å². The molecule has 2 aromatic rings. The minimum atomic E-state index is -0.601. The van der Waals surface area contributed by atoms with Gasteiger partial charge in [0.25, 0.3) is 0 Å². The Morgan fingerprint density at radius 2 is 2.10 bits per heavy atom. The van der Waals surface area contributed by atoms with Crippen LogP contribution in [-0.4, -0.2) is 39.2 Å². The molecule has 6 nitrogen and oxygen atoms in total. The fourth-order valence-electron chi connectivity index (χ4n) is 1.97. The van der Waals surface area contributed by atoms with Crippen LogP contribution in [0.5, 0.6) is 5.75 Å². The lowest BCUT2D eigenvalue weighted by Crippen LogP contribution is -2.42. The van der Waals surface area contributed by atoms with Gasteiger partial charge in [-0.05, 0) is 24.1 Å². The molecular formula is C14H18N4O2. The first kappa shape index (κ1) is 14.1. The average molecular weight is 274 g/mol. The number of nitrogens with two attached hydrogens (primary N) is 1. The second-order valence-electron chi connectivity index (χ2n) is 4.78. The van der Waals surface area contributed by atoms with Crippen molar-refractivity contribution in [2.75, 3.05) is 7.05 Å².